The maximum Gasteiger partial charge on any atom is 0.240 e. The molecule has 0 aromatic rings. The Labute approximate surface area is 110 Å². The molecule has 2 unspecified atom stereocenters. The zero-order valence-corrected chi connectivity index (χ0v) is 11.8. The molecule has 1 aliphatic rings. The lowest BCUT2D eigenvalue weighted by molar-refractivity contribution is -0.127. The highest BCUT2D eigenvalue weighted by atomic mass is 35.5. The lowest BCUT2D eigenvalue weighted by atomic mass is 9.96. The SMILES string of the molecule is CC(C)C(CCO)NC(=O)C1(C)CCCN1.Cl. The number of aliphatic hydroxyl groups excluding tert-OH is 1. The van der Waals surface area contributed by atoms with Gasteiger partial charge in [0.2, 0.25) is 5.91 Å². The third-order valence-corrected chi connectivity index (χ3v) is 3.43. The van der Waals surface area contributed by atoms with Crippen LogP contribution in [0.25, 0.3) is 0 Å². The van der Waals surface area contributed by atoms with E-state index in [4.69, 9.17) is 5.11 Å². The van der Waals surface area contributed by atoms with Crippen LogP contribution in [0.3, 0.4) is 0 Å². The number of hydrogen-bond donors (Lipinski definition) is 3. The number of amides is 1. The molecule has 0 spiro atoms. The van der Waals surface area contributed by atoms with Crippen LogP contribution in [-0.4, -0.2) is 35.7 Å². The summed E-state index contributed by atoms with van der Waals surface area (Å²) < 4.78 is 0. The van der Waals surface area contributed by atoms with Crippen LogP contribution in [-0.2, 0) is 4.79 Å². The summed E-state index contributed by atoms with van der Waals surface area (Å²) in [4.78, 5) is 12.1. The number of aliphatic hydroxyl groups is 1. The quantitative estimate of drug-likeness (QED) is 0.696. The van der Waals surface area contributed by atoms with Gasteiger partial charge in [0.25, 0.3) is 0 Å². The second-order valence-electron chi connectivity index (χ2n) is 5.20. The van der Waals surface area contributed by atoms with Crippen molar-refractivity contribution in [2.75, 3.05) is 13.2 Å². The maximum atomic E-state index is 12.1. The second kappa shape index (κ2) is 7.19. The molecule has 2 atom stereocenters. The van der Waals surface area contributed by atoms with E-state index < -0.39 is 5.54 Å². The second-order valence-corrected chi connectivity index (χ2v) is 5.20. The number of rotatable bonds is 5. The molecule has 3 N–H and O–H groups in total. The zero-order valence-electron chi connectivity index (χ0n) is 11.0. The molecule has 17 heavy (non-hydrogen) atoms. The molecule has 0 radical (unpaired) electrons. The van der Waals surface area contributed by atoms with Crippen LogP contribution in [0.2, 0.25) is 0 Å². The summed E-state index contributed by atoms with van der Waals surface area (Å²) in [5, 5.41) is 15.2. The predicted molar refractivity (Wildman–Crippen MR) is 71.4 cm³/mol. The van der Waals surface area contributed by atoms with Crippen LogP contribution < -0.4 is 10.6 Å². The molecule has 1 fully saturated rings. The molecule has 1 rings (SSSR count). The van der Waals surface area contributed by atoms with Gasteiger partial charge >= 0.3 is 0 Å². The molecule has 0 saturated carbocycles. The Balaban J connectivity index is 0.00000256. The van der Waals surface area contributed by atoms with Gasteiger partial charge in [0.15, 0.2) is 0 Å². The van der Waals surface area contributed by atoms with Crippen molar-refractivity contribution in [1.82, 2.24) is 10.6 Å². The van der Waals surface area contributed by atoms with Gasteiger partial charge in [-0.3, -0.25) is 4.79 Å². The van der Waals surface area contributed by atoms with Crippen molar-refractivity contribution in [1.29, 1.82) is 0 Å². The molecule has 1 aliphatic heterocycles. The Morgan fingerprint density at radius 3 is 2.59 bits per heavy atom. The van der Waals surface area contributed by atoms with E-state index in [-0.39, 0.29) is 31.0 Å². The average molecular weight is 265 g/mol. The van der Waals surface area contributed by atoms with Crippen LogP contribution in [0.4, 0.5) is 0 Å². The van der Waals surface area contributed by atoms with Crippen LogP contribution >= 0.6 is 12.4 Å². The Hall–Kier alpha value is -0.320. The van der Waals surface area contributed by atoms with Gasteiger partial charge < -0.3 is 15.7 Å². The van der Waals surface area contributed by atoms with Crippen molar-refractivity contribution in [2.24, 2.45) is 5.92 Å². The van der Waals surface area contributed by atoms with Crippen molar-refractivity contribution < 1.29 is 9.90 Å². The third-order valence-electron chi connectivity index (χ3n) is 3.43. The highest BCUT2D eigenvalue weighted by molar-refractivity contribution is 5.86. The standard InChI is InChI=1S/C12H24N2O2.ClH/c1-9(2)10(5-8-15)14-11(16)12(3)6-4-7-13-12;/h9-10,13,15H,4-8H2,1-3H3,(H,14,16);1H. The topological polar surface area (TPSA) is 61.4 Å². The average Bonchev–Trinajstić information content (AvgIpc) is 2.65. The van der Waals surface area contributed by atoms with E-state index in [2.05, 4.69) is 24.5 Å². The minimum absolute atomic E-state index is 0. The molecule has 0 aromatic carbocycles. The van der Waals surface area contributed by atoms with Crippen LogP contribution in [0.15, 0.2) is 0 Å². The van der Waals surface area contributed by atoms with Gasteiger partial charge in [-0.2, -0.15) is 0 Å². The van der Waals surface area contributed by atoms with Crippen molar-refractivity contribution >= 4 is 18.3 Å². The summed E-state index contributed by atoms with van der Waals surface area (Å²) in [7, 11) is 0. The Bertz CT molecular complexity index is 241. The molecule has 0 bridgehead atoms. The van der Waals surface area contributed by atoms with Crippen LogP contribution in [0, 0.1) is 5.92 Å². The van der Waals surface area contributed by atoms with Crippen LogP contribution in [0.1, 0.15) is 40.0 Å². The fourth-order valence-corrected chi connectivity index (χ4v) is 2.13. The van der Waals surface area contributed by atoms with E-state index >= 15 is 0 Å². The summed E-state index contributed by atoms with van der Waals surface area (Å²) in [6.45, 7) is 7.10. The minimum atomic E-state index is -0.414. The number of nitrogens with one attached hydrogen (secondary N) is 2. The molecular weight excluding hydrogens is 240 g/mol. The zero-order chi connectivity index (χ0) is 12.2. The van der Waals surface area contributed by atoms with Gasteiger partial charge in [-0.25, -0.2) is 0 Å². The number of halogens is 1. The molecule has 5 heteroatoms. The molecule has 1 heterocycles. The number of hydrogen-bond acceptors (Lipinski definition) is 3. The Morgan fingerprint density at radius 2 is 2.18 bits per heavy atom. The normalized spacial score (nSPS) is 25.5. The smallest absolute Gasteiger partial charge is 0.240 e. The predicted octanol–water partition coefficient (Wildman–Crippen LogP) is 1.07. The van der Waals surface area contributed by atoms with Gasteiger partial charge in [0.1, 0.15) is 0 Å². The highest BCUT2D eigenvalue weighted by Gasteiger charge is 2.36. The first-order chi connectivity index (χ1) is 7.49. The van der Waals surface area contributed by atoms with E-state index in [0.29, 0.717) is 12.3 Å². The summed E-state index contributed by atoms with van der Waals surface area (Å²) in [6, 6.07) is 0.0664. The van der Waals surface area contributed by atoms with Gasteiger partial charge in [0.05, 0.1) is 5.54 Å². The highest BCUT2D eigenvalue weighted by Crippen LogP contribution is 2.19. The van der Waals surface area contributed by atoms with E-state index in [0.717, 1.165) is 19.4 Å². The van der Waals surface area contributed by atoms with Gasteiger partial charge in [-0.1, -0.05) is 13.8 Å². The molecule has 0 aromatic heterocycles. The fraction of sp³-hybridized carbons (Fsp3) is 0.917. The molecule has 102 valence electrons. The fourth-order valence-electron chi connectivity index (χ4n) is 2.13. The lowest BCUT2D eigenvalue weighted by Crippen LogP contribution is -2.54. The van der Waals surface area contributed by atoms with Gasteiger partial charge in [-0.15, -0.1) is 12.4 Å². The monoisotopic (exact) mass is 264 g/mol. The van der Waals surface area contributed by atoms with Gasteiger partial charge in [0, 0.05) is 12.6 Å². The van der Waals surface area contributed by atoms with Crippen molar-refractivity contribution in [2.45, 2.75) is 51.6 Å². The first-order valence-corrected chi connectivity index (χ1v) is 6.16. The van der Waals surface area contributed by atoms with Crippen molar-refractivity contribution in [3.8, 4) is 0 Å². The molecule has 0 aliphatic carbocycles. The maximum absolute atomic E-state index is 12.1. The summed E-state index contributed by atoms with van der Waals surface area (Å²) in [5.74, 6) is 0.415. The van der Waals surface area contributed by atoms with Gasteiger partial charge in [-0.05, 0) is 38.6 Å². The molecule has 1 amide bonds. The Kier molecular flexibility index (Phi) is 7.05. The number of carbonyl (C=O) groups is 1. The molecule has 1 saturated heterocycles. The van der Waals surface area contributed by atoms with E-state index in [1.165, 1.54) is 0 Å². The minimum Gasteiger partial charge on any atom is -0.396 e. The van der Waals surface area contributed by atoms with Crippen molar-refractivity contribution in [3.05, 3.63) is 0 Å². The van der Waals surface area contributed by atoms with E-state index in [9.17, 15) is 4.79 Å². The van der Waals surface area contributed by atoms with E-state index in [1.54, 1.807) is 0 Å². The summed E-state index contributed by atoms with van der Waals surface area (Å²) in [6.07, 6.45) is 2.57. The summed E-state index contributed by atoms with van der Waals surface area (Å²) >= 11 is 0. The largest absolute Gasteiger partial charge is 0.396 e. The first kappa shape index (κ1) is 16.7. The first-order valence-electron chi connectivity index (χ1n) is 6.16. The molecule has 4 nitrogen and oxygen atoms in total. The Morgan fingerprint density at radius 1 is 1.53 bits per heavy atom. The third kappa shape index (κ3) is 4.45. The number of carbonyl (C=O) groups excluding carboxylic acids is 1. The lowest BCUT2D eigenvalue weighted by Gasteiger charge is -2.28. The van der Waals surface area contributed by atoms with E-state index in [1.807, 2.05) is 6.92 Å². The van der Waals surface area contributed by atoms with Crippen LogP contribution in [0.5, 0.6) is 0 Å². The molecular formula is C12H25ClN2O2. The summed E-state index contributed by atoms with van der Waals surface area (Å²) in [5.41, 5.74) is -0.414. The van der Waals surface area contributed by atoms with Crippen molar-refractivity contribution in [3.63, 3.8) is 0 Å².